The average molecular weight is 324 g/mol. The molecule has 3 N–H and O–H groups in total. The van der Waals surface area contributed by atoms with E-state index in [0.717, 1.165) is 16.7 Å². The molecule has 6 heteroatoms. The zero-order valence-corrected chi connectivity index (χ0v) is 13.8. The van der Waals surface area contributed by atoms with E-state index in [4.69, 9.17) is 5.73 Å². The van der Waals surface area contributed by atoms with Gasteiger partial charge in [-0.1, -0.05) is 19.1 Å². The first-order valence-corrected chi connectivity index (χ1v) is 9.26. The van der Waals surface area contributed by atoms with Gasteiger partial charge in [0.25, 0.3) is 0 Å². The van der Waals surface area contributed by atoms with Crippen LogP contribution in [0.3, 0.4) is 0 Å². The van der Waals surface area contributed by atoms with Gasteiger partial charge < -0.3 is 5.73 Å². The van der Waals surface area contributed by atoms with Crippen LogP contribution in [0.25, 0.3) is 0 Å². The number of hydrogen-bond acceptors (Lipinski definition) is 4. The van der Waals surface area contributed by atoms with Crippen LogP contribution in [-0.2, 0) is 23.0 Å². The maximum atomic E-state index is 12.6. The fourth-order valence-corrected chi connectivity index (χ4v) is 4.50. The lowest BCUT2D eigenvalue weighted by molar-refractivity contribution is 0.566. The Hall–Kier alpha value is -1.21. The highest BCUT2D eigenvalue weighted by Crippen LogP contribution is 2.22. The predicted octanol–water partition coefficient (Wildman–Crippen LogP) is 2.81. The molecule has 0 saturated carbocycles. The lowest BCUT2D eigenvalue weighted by Gasteiger charge is -2.16. The fourth-order valence-electron chi connectivity index (χ4n) is 2.15. The topological polar surface area (TPSA) is 72.2 Å². The van der Waals surface area contributed by atoms with Crippen molar-refractivity contribution in [2.75, 3.05) is 0 Å². The summed E-state index contributed by atoms with van der Waals surface area (Å²) in [6.07, 6.45) is 0.661. The first-order valence-electron chi connectivity index (χ1n) is 6.84. The molecule has 1 aromatic carbocycles. The van der Waals surface area contributed by atoms with Crippen LogP contribution in [0.15, 0.2) is 39.9 Å². The van der Waals surface area contributed by atoms with Gasteiger partial charge in [-0.3, -0.25) is 0 Å². The molecule has 0 aliphatic rings. The van der Waals surface area contributed by atoms with E-state index in [1.54, 1.807) is 17.4 Å². The van der Waals surface area contributed by atoms with Crippen LogP contribution in [0.1, 0.15) is 36.6 Å². The molecule has 2 aromatic rings. The number of aryl methyl sites for hydroxylation is 1. The second-order valence-electron chi connectivity index (χ2n) is 4.90. The molecule has 1 heterocycles. The van der Waals surface area contributed by atoms with E-state index in [0.29, 0.717) is 17.9 Å². The maximum absolute atomic E-state index is 12.6. The van der Waals surface area contributed by atoms with Crippen molar-refractivity contribution < 1.29 is 8.42 Å². The van der Waals surface area contributed by atoms with Crippen molar-refractivity contribution in [1.82, 2.24) is 4.72 Å². The molecule has 2 rings (SSSR count). The lowest BCUT2D eigenvalue weighted by Crippen LogP contribution is -2.27. The maximum Gasteiger partial charge on any atom is 0.241 e. The molecular formula is C15H20N2O2S2. The summed E-state index contributed by atoms with van der Waals surface area (Å²) in [5.74, 6) is 0. The molecule has 0 saturated heterocycles. The summed E-state index contributed by atoms with van der Waals surface area (Å²) in [4.78, 5) is 0.329. The lowest BCUT2D eigenvalue weighted by atomic mass is 10.1. The van der Waals surface area contributed by atoms with Gasteiger partial charge in [0.2, 0.25) is 10.0 Å². The normalized spacial score (nSPS) is 13.3. The van der Waals surface area contributed by atoms with Crippen molar-refractivity contribution in [3.63, 3.8) is 0 Å². The fraction of sp³-hybridized carbons (Fsp3) is 0.333. The molecule has 0 aliphatic heterocycles. The third kappa shape index (κ3) is 3.71. The summed E-state index contributed by atoms with van der Waals surface area (Å²) in [5.41, 5.74) is 8.21. The summed E-state index contributed by atoms with van der Waals surface area (Å²) in [6, 6.07) is 7.05. The van der Waals surface area contributed by atoms with Crippen LogP contribution < -0.4 is 10.5 Å². The number of nitrogens with one attached hydrogen (secondary N) is 1. The standard InChI is InChI=1S/C15H20N2O2S2/c1-3-13-5-4-12(9-16)8-15(13)21(18,19)17-11(2)14-6-7-20-10-14/h4-8,10-11,17H,3,9,16H2,1-2H3. The summed E-state index contributed by atoms with van der Waals surface area (Å²) < 4.78 is 28.0. The Bertz CT molecular complexity index is 694. The predicted molar refractivity (Wildman–Crippen MR) is 86.8 cm³/mol. The molecule has 0 fully saturated rings. The number of benzene rings is 1. The van der Waals surface area contributed by atoms with E-state index in [1.807, 2.05) is 42.8 Å². The molecule has 0 radical (unpaired) electrons. The van der Waals surface area contributed by atoms with Crippen molar-refractivity contribution in [2.45, 2.75) is 37.8 Å². The quantitative estimate of drug-likeness (QED) is 0.858. The molecule has 1 atom stereocenters. The van der Waals surface area contributed by atoms with Gasteiger partial charge in [-0.2, -0.15) is 11.3 Å². The number of hydrogen-bond donors (Lipinski definition) is 2. The molecular weight excluding hydrogens is 304 g/mol. The Morgan fingerprint density at radius 2 is 2.10 bits per heavy atom. The highest BCUT2D eigenvalue weighted by Gasteiger charge is 2.21. The molecule has 1 aromatic heterocycles. The highest BCUT2D eigenvalue weighted by atomic mass is 32.2. The van der Waals surface area contributed by atoms with Crippen molar-refractivity contribution in [3.8, 4) is 0 Å². The first kappa shape index (κ1) is 16.2. The van der Waals surface area contributed by atoms with Gasteiger partial charge in [-0.25, -0.2) is 13.1 Å². The Kier molecular flexibility index (Phi) is 5.16. The monoisotopic (exact) mass is 324 g/mol. The van der Waals surface area contributed by atoms with Crippen molar-refractivity contribution in [1.29, 1.82) is 0 Å². The average Bonchev–Trinajstić information content (AvgIpc) is 3.00. The van der Waals surface area contributed by atoms with Crippen LogP contribution in [0, 0.1) is 0 Å². The minimum Gasteiger partial charge on any atom is -0.326 e. The first-order chi connectivity index (χ1) is 9.97. The molecule has 0 bridgehead atoms. The zero-order chi connectivity index (χ0) is 15.5. The van der Waals surface area contributed by atoms with Gasteiger partial charge in [0, 0.05) is 12.6 Å². The zero-order valence-electron chi connectivity index (χ0n) is 12.2. The van der Waals surface area contributed by atoms with Gasteiger partial charge in [-0.05, 0) is 52.9 Å². The minimum absolute atomic E-state index is 0.257. The van der Waals surface area contributed by atoms with Gasteiger partial charge in [-0.15, -0.1) is 0 Å². The van der Waals surface area contributed by atoms with Crippen LogP contribution in [0.4, 0.5) is 0 Å². The van der Waals surface area contributed by atoms with Crippen molar-refractivity contribution >= 4 is 21.4 Å². The van der Waals surface area contributed by atoms with Crippen molar-refractivity contribution in [3.05, 3.63) is 51.7 Å². The van der Waals surface area contributed by atoms with Crippen LogP contribution in [0.2, 0.25) is 0 Å². The SMILES string of the molecule is CCc1ccc(CN)cc1S(=O)(=O)NC(C)c1ccsc1. The number of sulfonamides is 1. The van der Waals surface area contributed by atoms with Crippen LogP contribution >= 0.6 is 11.3 Å². The smallest absolute Gasteiger partial charge is 0.241 e. The van der Waals surface area contributed by atoms with Gasteiger partial charge in [0.15, 0.2) is 0 Å². The Balaban J connectivity index is 2.34. The molecule has 1 unspecified atom stereocenters. The molecule has 114 valence electrons. The molecule has 0 amide bonds. The molecule has 0 aliphatic carbocycles. The summed E-state index contributed by atoms with van der Waals surface area (Å²) in [5, 5.41) is 3.89. The van der Waals surface area contributed by atoms with Gasteiger partial charge in [0.1, 0.15) is 0 Å². The van der Waals surface area contributed by atoms with E-state index < -0.39 is 10.0 Å². The van der Waals surface area contributed by atoms with E-state index in [1.165, 1.54) is 0 Å². The number of rotatable bonds is 6. The molecule has 21 heavy (non-hydrogen) atoms. The van der Waals surface area contributed by atoms with Gasteiger partial charge in [0.05, 0.1) is 4.90 Å². The van der Waals surface area contributed by atoms with E-state index in [-0.39, 0.29) is 6.04 Å². The van der Waals surface area contributed by atoms with E-state index in [2.05, 4.69) is 4.72 Å². The highest BCUT2D eigenvalue weighted by molar-refractivity contribution is 7.89. The Labute approximate surface area is 130 Å². The second-order valence-corrected chi connectivity index (χ2v) is 7.36. The summed E-state index contributed by atoms with van der Waals surface area (Å²) >= 11 is 1.55. The summed E-state index contributed by atoms with van der Waals surface area (Å²) in [6.45, 7) is 4.11. The van der Waals surface area contributed by atoms with E-state index in [9.17, 15) is 8.42 Å². The third-order valence-corrected chi connectivity index (χ3v) is 5.74. The Morgan fingerprint density at radius 3 is 2.67 bits per heavy atom. The van der Waals surface area contributed by atoms with E-state index >= 15 is 0 Å². The van der Waals surface area contributed by atoms with Crippen LogP contribution in [-0.4, -0.2) is 8.42 Å². The second kappa shape index (κ2) is 6.70. The minimum atomic E-state index is -3.56. The largest absolute Gasteiger partial charge is 0.326 e. The van der Waals surface area contributed by atoms with Gasteiger partial charge >= 0.3 is 0 Å². The number of thiophene rings is 1. The third-order valence-electron chi connectivity index (χ3n) is 3.41. The molecule has 4 nitrogen and oxygen atoms in total. The Morgan fingerprint density at radius 1 is 1.33 bits per heavy atom. The summed E-state index contributed by atoms with van der Waals surface area (Å²) in [7, 11) is -3.56. The number of nitrogens with two attached hydrogens (primary N) is 1. The van der Waals surface area contributed by atoms with Crippen molar-refractivity contribution in [2.24, 2.45) is 5.73 Å². The molecule has 0 spiro atoms. The van der Waals surface area contributed by atoms with Crippen LogP contribution in [0.5, 0.6) is 0 Å².